The van der Waals surface area contributed by atoms with Crippen molar-refractivity contribution in [2.75, 3.05) is 5.75 Å². The Morgan fingerprint density at radius 1 is 1.35 bits per heavy atom. The lowest BCUT2D eigenvalue weighted by Gasteiger charge is -2.14. The quantitative estimate of drug-likeness (QED) is 0.897. The predicted molar refractivity (Wildman–Crippen MR) is 86.4 cm³/mol. The number of nitrogens with zero attached hydrogens (tertiary/aromatic N) is 2. The lowest BCUT2D eigenvalue weighted by atomic mass is 10.1. The molecule has 0 saturated heterocycles. The van der Waals surface area contributed by atoms with E-state index >= 15 is 0 Å². The fourth-order valence-corrected chi connectivity index (χ4v) is 5.97. The van der Waals surface area contributed by atoms with Gasteiger partial charge in [-0.05, 0) is 5.56 Å². The van der Waals surface area contributed by atoms with Gasteiger partial charge in [0.1, 0.15) is 0 Å². The van der Waals surface area contributed by atoms with Crippen molar-refractivity contribution in [3.63, 3.8) is 0 Å². The van der Waals surface area contributed by atoms with E-state index in [1.54, 1.807) is 28.8 Å². The largest absolute Gasteiger partial charge is 0.307 e. The van der Waals surface area contributed by atoms with Gasteiger partial charge in [-0.1, -0.05) is 47.6 Å². The molecule has 1 aliphatic heterocycles. The van der Waals surface area contributed by atoms with Crippen LogP contribution in [0.3, 0.4) is 0 Å². The zero-order valence-electron chi connectivity index (χ0n) is 11.8. The zero-order chi connectivity index (χ0) is 16.2. The summed E-state index contributed by atoms with van der Waals surface area (Å²) in [5.74, 6) is 0.709. The molecule has 1 N–H and O–H groups in total. The van der Waals surface area contributed by atoms with E-state index < -0.39 is 16.1 Å². The summed E-state index contributed by atoms with van der Waals surface area (Å²) >= 11 is 7.50. The molecular formula is C14H12ClN3O3S2. The number of benzene rings is 1. The van der Waals surface area contributed by atoms with Crippen LogP contribution in [0.2, 0.25) is 5.15 Å². The van der Waals surface area contributed by atoms with Crippen molar-refractivity contribution in [1.82, 2.24) is 14.3 Å². The second kappa shape index (κ2) is 5.34. The minimum absolute atomic E-state index is 0.0176. The number of sulfonamides is 1. The van der Waals surface area contributed by atoms with E-state index in [9.17, 15) is 13.2 Å². The van der Waals surface area contributed by atoms with Gasteiger partial charge in [0.05, 0.1) is 6.04 Å². The molecule has 0 fully saturated rings. The van der Waals surface area contributed by atoms with E-state index in [1.165, 1.54) is 11.8 Å². The van der Waals surface area contributed by atoms with Gasteiger partial charge in [-0.3, -0.25) is 4.79 Å². The SMILES string of the molecule is O=C1CC(NS(=O)(=O)c2c(Cl)nc3n2CCS3)c2ccccc21. The van der Waals surface area contributed by atoms with Crippen LogP contribution in [0.15, 0.2) is 34.4 Å². The highest BCUT2D eigenvalue weighted by atomic mass is 35.5. The van der Waals surface area contributed by atoms with E-state index in [-0.39, 0.29) is 22.4 Å². The van der Waals surface area contributed by atoms with Crippen molar-refractivity contribution >= 4 is 39.2 Å². The third-order valence-electron chi connectivity index (χ3n) is 3.97. The molecule has 6 nitrogen and oxygen atoms in total. The molecule has 0 spiro atoms. The first-order valence-corrected chi connectivity index (χ1v) is 9.85. The van der Waals surface area contributed by atoms with E-state index in [4.69, 9.17) is 11.6 Å². The first kappa shape index (κ1) is 15.2. The van der Waals surface area contributed by atoms with Crippen LogP contribution in [0.4, 0.5) is 0 Å². The molecule has 1 aromatic carbocycles. The number of halogens is 1. The predicted octanol–water partition coefficient (Wildman–Crippen LogP) is 2.25. The molecule has 0 amide bonds. The van der Waals surface area contributed by atoms with Gasteiger partial charge in [-0.25, -0.2) is 18.1 Å². The third-order valence-corrected chi connectivity index (χ3v) is 6.82. The molecule has 2 aliphatic rings. The maximum absolute atomic E-state index is 12.8. The summed E-state index contributed by atoms with van der Waals surface area (Å²) in [6.07, 6.45) is 0.117. The van der Waals surface area contributed by atoms with Crippen molar-refractivity contribution < 1.29 is 13.2 Å². The highest BCUT2D eigenvalue weighted by Crippen LogP contribution is 2.36. The highest BCUT2D eigenvalue weighted by Gasteiger charge is 2.36. The maximum Gasteiger partial charge on any atom is 0.260 e. The number of carbonyl (C=O) groups excluding carboxylic acids is 1. The smallest absolute Gasteiger partial charge is 0.260 e. The third kappa shape index (κ3) is 2.40. The number of carbonyl (C=O) groups is 1. The molecule has 0 radical (unpaired) electrons. The minimum Gasteiger partial charge on any atom is -0.307 e. The number of hydrogen-bond acceptors (Lipinski definition) is 5. The molecule has 1 unspecified atom stereocenters. The number of fused-ring (bicyclic) bond motifs is 2. The summed E-state index contributed by atoms with van der Waals surface area (Å²) in [5, 5.41) is 0.562. The molecule has 1 aliphatic carbocycles. The van der Waals surface area contributed by atoms with Gasteiger partial charge in [0, 0.05) is 24.3 Å². The van der Waals surface area contributed by atoms with E-state index in [2.05, 4.69) is 9.71 Å². The van der Waals surface area contributed by atoms with Crippen LogP contribution in [0.5, 0.6) is 0 Å². The lowest BCUT2D eigenvalue weighted by Crippen LogP contribution is -2.29. The zero-order valence-corrected chi connectivity index (χ0v) is 14.2. The van der Waals surface area contributed by atoms with Crippen LogP contribution >= 0.6 is 23.4 Å². The molecule has 2 aromatic rings. The number of rotatable bonds is 3. The van der Waals surface area contributed by atoms with Gasteiger partial charge in [0.25, 0.3) is 10.0 Å². The monoisotopic (exact) mass is 369 g/mol. The fourth-order valence-electron chi connectivity index (χ4n) is 2.99. The first-order chi connectivity index (χ1) is 11.0. The first-order valence-electron chi connectivity index (χ1n) is 7.00. The Kier molecular flexibility index (Phi) is 3.53. The molecule has 2 heterocycles. The number of ketones is 1. The Balaban J connectivity index is 1.71. The van der Waals surface area contributed by atoms with Crippen molar-refractivity contribution in [2.24, 2.45) is 0 Å². The summed E-state index contributed by atoms with van der Waals surface area (Å²) in [6.45, 7) is 0.552. The number of imidazole rings is 1. The van der Waals surface area contributed by atoms with Crippen LogP contribution in [0.25, 0.3) is 0 Å². The van der Waals surface area contributed by atoms with Crippen molar-refractivity contribution in [2.45, 2.75) is 29.2 Å². The van der Waals surface area contributed by atoms with E-state index in [0.29, 0.717) is 22.8 Å². The molecule has 4 rings (SSSR count). The average Bonchev–Trinajstić information content (AvgIpc) is 3.13. The summed E-state index contributed by atoms with van der Waals surface area (Å²) in [6, 6.07) is 6.47. The van der Waals surface area contributed by atoms with Crippen LogP contribution < -0.4 is 4.72 Å². The summed E-state index contributed by atoms with van der Waals surface area (Å²) in [5.41, 5.74) is 1.27. The van der Waals surface area contributed by atoms with Gasteiger partial charge in [-0.2, -0.15) is 0 Å². The van der Waals surface area contributed by atoms with Crippen LogP contribution in [-0.4, -0.2) is 29.5 Å². The Hall–Kier alpha value is -1.35. The number of hydrogen-bond donors (Lipinski definition) is 1. The van der Waals surface area contributed by atoms with Gasteiger partial charge >= 0.3 is 0 Å². The molecule has 1 atom stereocenters. The molecule has 120 valence electrons. The number of nitrogens with one attached hydrogen (secondary N) is 1. The topological polar surface area (TPSA) is 81.1 Å². The summed E-state index contributed by atoms with van der Waals surface area (Å²) in [4.78, 5) is 16.1. The maximum atomic E-state index is 12.8. The molecule has 1 aromatic heterocycles. The van der Waals surface area contributed by atoms with Crippen LogP contribution in [0.1, 0.15) is 28.4 Å². The number of aromatic nitrogens is 2. The van der Waals surface area contributed by atoms with E-state index in [0.717, 1.165) is 5.75 Å². The van der Waals surface area contributed by atoms with Crippen molar-refractivity contribution in [1.29, 1.82) is 0 Å². The molecule has 0 bridgehead atoms. The Morgan fingerprint density at radius 2 is 2.13 bits per heavy atom. The van der Waals surface area contributed by atoms with Gasteiger partial charge < -0.3 is 4.57 Å². The number of Topliss-reactive ketones (excluding diaryl/α,β-unsaturated/α-hetero) is 1. The van der Waals surface area contributed by atoms with Crippen molar-refractivity contribution in [3.8, 4) is 0 Å². The standard InChI is InChI=1S/C14H12ClN3O3S2/c15-12-13(18-5-6-22-14(18)16-12)23(20,21)17-10-7-11(19)9-4-2-1-3-8(9)10/h1-4,10,17H,5-7H2. The van der Waals surface area contributed by atoms with E-state index in [1.807, 2.05) is 0 Å². The Morgan fingerprint density at radius 3 is 2.96 bits per heavy atom. The normalized spacial score (nSPS) is 19.9. The van der Waals surface area contributed by atoms with Crippen LogP contribution in [0, 0.1) is 0 Å². The Labute approximate surface area is 142 Å². The van der Waals surface area contributed by atoms with Gasteiger partial charge in [-0.15, -0.1) is 0 Å². The fraction of sp³-hybridized carbons (Fsp3) is 0.286. The molecular weight excluding hydrogens is 358 g/mol. The Bertz CT molecular complexity index is 923. The molecule has 9 heteroatoms. The highest BCUT2D eigenvalue weighted by molar-refractivity contribution is 7.99. The molecule has 23 heavy (non-hydrogen) atoms. The van der Waals surface area contributed by atoms with Gasteiger partial charge in [0.15, 0.2) is 21.1 Å². The summed E-state index contributed by atoms with van der Waals surface area (Å²) in [7, 11) is -3.87. The lowest BCUT2D eigenvalue weighted by molar-refractivity contribution is 0.0988. The second-order valence-corrected chi connectivity index (χ2v) is 8.43. The average molecular weight is 370 g/mol. The number of thioether (sulfide) groups is 1. The minimum atomic E-state index is -3.87. The van der Waals surface area contributed by atoms with Crippen LogP contribution in [-0.2, 0) is 16.6 Å². The summed E-state index contributed by atoms with van der Waals surface area (Å²) < 4.78 is 29.8. The van der Waals surface area contributed by atoms with Gasteiger partial charge in [0.2, 0.25) is 0 Å². The molecule has 0 saturated carbocycles. The second-order valence-electron chi connectivity index (χ2n) is 5.38. The van der Waals surface area contributed by atoms with Crippen molar-refractivity contribution in [3.05, 3.63) is 40.5 Å².